The number of nitrogens with zero attached hydrogens (tertiary/aromatic N) is 2. The number of halogens is 3. The largest absolute Gasteiger partial charge is 0.433 e. The fraction of sp³-hybridized carbons (Fsp3) is 0.583. The molecule has 9 heteroatoms. The van der Waals surface area contributed by atoms with Crippen LogP contribution in [0.3, 0.4) is 0 Å². The van der Waals surface area contributed by atoms with Crippen LogP contribution in [0.2, 0.25) is 0 Å². The van der Waals surface area contributed by atoms with Gasteiger partial charge < -0.3 is 4.74 Å². The molecule has 0 fully saturated rings. The molecule has 0 radical (unpaired) electrons. The Kier molecular flexibility index (Phi) is 5.71. The van der Waals surface area contributed by atoms with Crippen molar-refractivity contribution in [3.8, 4) is 0 Å². The summed E-state index contributed by atoms with van der Waals surface area (Å²) in [5, 5.41) is 0. The minimum absolute atomic E-state index is 0.174. The van der Waals surface area contributed by atoms with Crippen LogP contribution in [0.5, 0.6) is 0 Å². The Morgan fingerprint density at radius 3 is 2.38 bits per heavy atom. The molecule has 0 aliphatic rings. The Morgan fingerprint density at radius 2 is 2.00 bits per heavy atom. The normalized spacial score (nSPS) is 14.4. The van der Waals surface area contributed by atoms with E-state index in [1.807, 2.05) is 0 Å². The van der Waals surface area contributed by atoms with E-state index in [-0.39, 0.29) is 18.0 Å². The molecular weight excluding hydrogens is 309 g/mol. The minimum Gasteiger partial charge on any atom is -0.383 e. The van der Waals surface area contributed by atoms with Gasteiger partial charge in [0.05, 0.1) is 6.61 Å². The first-order valence-electron chi connectivity index (χ1n) is 6.18. The average Bonchev–Trinajstić information content (AvgIpc) is 2.38. The molecule has 0 aliphatic carbocycles. The Balaban J connectivity index is 3.12. The first-order valence-corrected chi connectivity index (χ1v) is 7.62. The summed E-state index contributed by atoms with van der Waals surface area (Å²) in [5.74, 6) is 0. The van der Waals surface area contributed by atoms with E-state index in [1.165, 1.54) is 7.11 Å². The lowest BCUT2D eigenvalue weighted by Crippen LogP contribution is -2.40. The summed E-state index contributed by atoms with van der Waals surface area (Å²) in [6, 6.07) is 1.13. The van der Waals surface area contributed by atoms with E-state index in [9.17, 15) is 21.6 Å². The van der Waals surface area contributed by atoms with Crippen molar-refractivity contribution in [2.45, 2.75) is 31.0 Å². The van der Waals surface area contributed by atoms with Crippen LogP contribution in [0.15, 0.2) is 23.2 Å². The molecule has 0 saturated carbocycles. The topological polar surface area (TPSA) is 59.5 Å². The maximum absolute atomic E-state index is 12.4. The zero-order valence-corrected chi connectivity index (χ0v) is 12.7. The van der Waals surface area contributed by atoms with E-state index in [1.54, 1.807) is 13.8 Å². The molecule has 120 valence electrons. The van der Waals surface area contributed by atoms with Crippen LogP contribution in [0.25, 0.3) is 0 Å². The fourth-order valence-corrected chi connectivity index (χ4v) is 3.45. The van der Waals surface area contributed by atoms with Crippen LogP contribution >= 0.6 is 0 Å². The Labute approximate surface area is 121 Å². The zero-order chi connectivity index (χ0) is 16.3. The molecule has 0 bridgehead atoms. The van der Waals surface area contributed by atoms with Crippen LogP contribution in [-0.4, -0.2) is 44.0 Å². The molecule has 21 heavy (non-hydrogen) atoms. The maximum atomic E-state index is 12.4. The van der Waals surface area contributed by atoms with Gasteiger partial charge in [0.2, 0.25) is 10.0 Å². The number of hydrogen-bond acceptors (Lipinski definition) is 4. The van der Waals surface area contributed by atoms with Crippen LogP contribution < -0.4 is 0 Å². The number of ether oxygens (including phenoxy) is 1. The summed E-state index contributed by atoms with van der Waals surface area (Å²) >= 11 is 0. The summed E-state index contributed by atoms with van der Waals surface area (Å²) in [6.07, 6.45) is -3.88. The number of aromatic nitrogens is 1. The highest BCUT2D eigenvalue weighted by atomic mass is 32.2. The molecule has 0 aromatic carbocycles. The second-order valence-corrected chi connectivity index (χ2v) is 6.28. The molecule has 0 amide bonds. The fourth-order valence-electron chi connectivity index (χ4n) is 1.88. The number of methoxy groups -OCH3 is 1. The second-order valence-electron chi connectivity index (χ2n) is 4.39. The average molecular weight is 326 g/mol. The number of likely N-dealkylation sites (N-methyl/N-ethyl adjacent to an activating group) is 1. The number of hydrogen-bond donors (Lipinski definition) is 0. The number of alkyl halides is 3. The molecule has 1 atom stereocenters. The zero-order valence-electron chi connectivity index (χ0n) is 11.9. The Morgan fingerprint density at radius 1 is 1.38 bits per heavy atom. The molecule has 1 rings (SSSR count). The number of rotatable bonds is 6. The van der Waals surface area contributed by atoms with Gasteiger partial charge in [-0.1, -0.05) is 6.92 Å². The quantitative estimate of drug-likeness (QED) is 0.804. The van der Waals surface area contributed by atoms with Crippen LogP contribution in [0.1, 0.15) is 19.5 Å². The van der Waals surface area contributed by atoms with E-state index in [2.05, 4.69) is 4.98 Å². The monoisotopic (exact) mass is 326 g/mol. The Bertz CT molecular complexity index is 558. The van der Waals surface area contributed by atoms with Crippen molar-refractivity contribution in [3.63, 3.8) is 0 Å². The summed E-state index contributed by atoms with van der Waals surface area (Å²) < 4.78 is 68.1. The van der Waals surface area contributed by atoms with Crippen molar-refractivity contribution in [1.29, 1.82) is 0 Å². The van der Waals surface area contributed by atoms with Crippen molar-refractivity contribution in [3.05, 3.63) is 24.0 Å². The minimum atomic E-state index is -4.60. The van der Waals surface area contributed by atoms with Gasteiger partial charge in [-0.15, -0.1) is 0 Å². The molecule has 1 aromatic rings. The summed E-state index contributed by atoms with van der Waals surface area (Å²) in [5.41, 5.74) is -1.13. The van der Waals surface area contributed by atoms with Crippen molar-refractivity contribution in [2.75, 3.05) is 20.3 Å². The van der Waals surface area contributed by atoms with E-state index in [0.717, 1.165) is 16.6 Å². The molecule has 0 spiro atoms. The van der Waals surface area contributed by atoms with Gasteiger partial charge in [-0.25, -0.2) is 8.42 Å². The SMILES string of the molecule is CCN([C@H](C)COC)S(=O)(=O)c1ccc(C(F)(F)F)nc1. The van der Waals surface area contributed by atoms with Crippen molar-refractivity contribution < 1.29 is 26.3 Å². The lowest BCUT2D eigenvalue weighted by molar-refractivity contribution is -0.141. The smallest absolute Gasteiger partial charge is 0.383 e. The van der Waals surface area contributed by atoms with Gasteiger partial charge in [0.15, 0.2) is 0 Å². The van der Waals surface area contributed by atoms with Crippen molar-refractivity contribution >= 4 is 10.0 Å². The predicted molar refractivity (Wildman–Crippen MR) is 70.1 cm³/mol. The first-order chi connectivity index (χ1) is 9.64. The molecule has 0 unspecified atom stereocenters. The van der Waals surface area contributed by atoms with Crippen LogP contribution in [0.4, 0.5) is 13.2 Å². The highest BCUT2D eigenvalue weighted by Gasteiger charge is 2.34. The lowest BCUT2D eigenvalue weighted by Gasteiger charge is -2.26. The second kappa shape index (κ2) is 6.71. The third-order valence-corrected chi connectivity index (χ3v) is 4.92. The van der Waals surface area contributed by atoms with Crippen molar-refractivity contribution in [1.82, 2.24) is 9.29 Å². The van der Waals surface area contributed by atoms with E-state index in [4.69, 9.17) is 4.74 Å². The van der Waals surface area contributed by atoms with Gasteiger partial charge in [-0.3, -0.25) is 4.98 Å². The molecule has 1 heterocycles. The van der Waals surface area contributed by atoms with Crippen molar-refractivity contribution in [2.24, 2.45) is 0 Å². The third-order valence-electron chi connectivity index (χ3n) is 2.84. The van der Waals surface area contributed by atoms with Gasteiger partial charge in [-0.05, 0) is 19.1 Å². The molecular formula is C12H17F3N2O3S. The molecule has 0 saturated heterocycles. The first kappa shape index (κ1) is 17.9. The predicted octanol–water partition coefficient (Wildman–Crippen LogP) is 2.15. The van der Waals surface area contributed by atoms with Gasteiger partial charge >= 0.3 is 6.18 Å². The highest BCUT2D eigenvalue weighted by Crippen LogP contribution is 2.28. The molecule has 1 aromatic heterocycles. The van der Waals surface area contributed by atoms with Gasteiger partial charge in [0.1, 0.15) is 10.6 Å². The van der Waals surface area contributed by atoms with Gasteiger partial charge in [-0.2, -0.15) is 17.5 Å². The van der Waals surface area contributed by atoms with Gasteiger partial charge in [0, 0.05) is 25.9 Å². The standard InChI is InChI=1S/C12H17F3N2O3S/c1-4-17(9(2)8-20-3)21(18,19)10-5-6-11(16-7-10)12(13,14)15/h5-7,9H,4,8H2,1-3H3/t9-/m1/s1. The highest BCUT2D eigenvalue weighted by molar-refractivity contribution is 7.89. The van der Waals surface area contributed by atoms with E-state index in [0.29, 0.717) is 6.07 Å². The Hall–Kier alpha value is -1.19. The summed E-state index contributed by atoms with van der Waals surface area (Å²) in [7, 11) is -2.47. The van der Waals surface area contributed by atoms with E-state index >= 15 is 0 Å². The number of sulfonamides is 1. The molecule has 5 nitrogen and oxygen atoms in total. The third kappa shape index (κ3) is 4.14. The molecule has 0 N–H and O–H groups in total. The summed E-state index contributed by atoms with van der Waals surface area (Å²) in [4.78, 5) is 2.90. The molecule has 0 aliphatic heterocycles. The summed E-state index contributed by atoms with van der Waals surface area (Å²) in [6.45, 7) is 3.65. The van der Waals surface area contributed by atoms with E-state index < -0.39 is 27.9 Å². The lowest BCUT2D eigenvalue weighted by atomic mass is 10.3. The van der Waals surface area contributed by atoms with Crippen LogP contribution in [-0.2, 0) is 20.9 Å². The van der Waals surface area contributed by atoms with Crippen LogP contribution in [0, 0.1) is 0 Å². The van der Waals surface area contributed by atoms with Gasteiger partial charge in [0.25, 0.3) is 0 Å². The maximum Gasteiger partial charge on any atom is 0.433 e. The number of pyridine rings is 1.